The summed E-state index contributed by atoms with van der Waals surface area (Å²) in [7, 11) is 0. The van der Waals surface area contributed by atoms with E-state index in [-0.39, 0.29) is 0 Å². The van der Waals surface area contributed by atoms with Crippen molar-refractivity contribution in [1.29, 1.82) is 0 Å². The van der Waals surface area contributed by atoms with E-state index >= 15 is 0 Å². The number of benzene rings is 1. The molecule has 179 valence electrons. The first-order valence-electron chi connectivity index (χ1n) is 13.5. The first kappa shape index (κ1) is 27.9. The first-order chi connectivity index (χ1) is 15.3. The molecule has 0 atom stereocenters. The second kappa shape index (κ2) is 20.7. The minimum Gasteiger partial charge on any atom is -0.493 e. The zero-order valence-electron chi connectivity index (χ0n) is 20.9. The van der Waals surface area contributed by atoms with Crippen molar-refractivity contribution in [1.82, 2.24) is 0 Å². The number of rotatable bonds is 22. The van der Waals surface area contributed by atoms with Gasteiger partial charge < -0.3 is 9.47 Å². The Labute approximate surface area is 194 Å². The lowest BCUT2D eigenvalue weighted by Gasteiger charge is -2.11. The van der Waals surface area contributed by atoms with Crippen molar-refractivity contribution in [3.63, 3.8) is 0 Å². The molecule has 2 nitrogen and oxygen atoms in total. The topological polar surface area (TPSA) is 18.5 Å². The van der Waals surface area contributed by atoms with Crippen LogP contribution in [-0.4, -0.2) is 13.2 Å². The van der Waals surface area contributed by atoms with Gasteiger partial charge in [-0.3, -0.25) is 0 Å². The minimum absolute atomic E-state index is 0.789. The van der Waals surface area contributed by atoms with Crippen LogP contribution >= 0.6 is 0 Å². The summed E-state index contributed by atoms with van der Waals surface area (Å²) in [6, 6.07) is 6.05. The van der Waals surface area contributed by atoms with Crippen molar-refractivity contribution < 1.29 is 9.47 Å². The Kier molecular flexibility index (Phi) is 18.6. The summed E-state index contributed by atoms with van der Waals surface area (Å²) in [5.74, 6) is 1.79. The SMILES string of the molecule is [CH2]c1cc(OCCCCCCCCCCC)cc(OCCCCCCCCCCC)c1. The van der Waals surface area contributed by atoms with Gasteiger partial charge in [0.05, 0.1) is 13.2 Å². The van der Waals surface area contributed by atoms with E-state index < -0.39 is 0 Å². The molecule has 0 aliphatic rings. The lowest BCUT2D eigenvalue weighted by molar-refractivity contribution is 0.289. The first-order valence-corrected chi connectivity index (χ1v) is 13.5. The van der Waals surface area contributed by atoms with Crippen molar-refractivity contribution in [2.75, 3.05) is 13.2 Å². The molecular formula is C29H51O2. The molecule has 0 unspecified atom stereocenters. The van der Waals surface area contributed by atoms with Crippen LogP contribution in [0.2, 0.25) is 0 Å². The maximum Gasteiger partial charge on any atom is 0.123 e. The third-order valence-electron chi connectivity index (χ3n) is 5.97. The van der Waals surface area contributed by atoms with E-state index in [1.54, 1.807) is 0 Å². The molecule has 1 rings (SSSR count). The second-order valence-corrected chi connectivity index (χ2v) is 9.17. The molecule has 0 bridgehead atoms. The molecule has 0 saturated carbocycles. The fraction of sp³-hybridized carbons (Fsp3) is 0.759. The molecular weight excluding hydrogens is 380 g/mol. The van der Waals surface area contributed by atoms with Gasteiger partial charge in [-0.1, -0.05) is 117 Å². The van der Waals surface area contributed by atoms with Crippen molar-refractivity contribution in [2.45, 2.75) is 129 Å². The summed E-state index contributed by atoms with van der Waals surface area (Å²) in [6.07, 6.45) is 24.0. The Hall–Kier alpha value is -1.18. The average Bonchev–Trinajstić information content (AvgIpc) is 2.76. The van der Waals surface area contributed by atoms with Gasteiger partial charge in [0.15, 0.2) is 0 Å². The summed E-state index contributed by atoms with van der Waals surface area (Å²) in [5.41, 5.74) is 0.964. The van der Waals surface area contributed by atoms with Crippen molar-refractivity contribution in [3.8, 4) is 11.5 Å². The quantitative estimate of drug-likeness (QED) is 0.170. The van der Waals surface area contributed by atoms with E-state index in [2.05, 4.69) is 20.8 Å². The van der Waals surface area contributed by atoms with Crippen LogP contribution in [0.1, 0.15) is 135 Å². The van der Waals surface area contributed by atoms with Crippen molar-refractivity contribution in [2.24, 2.45) is 0 Å². The summed E-state index contributed by atoms with van der Waals surface area (Å²) in [5, 5.41) is 0. The minimum atomic E-state index is 0.789. The highest BCUT2D eigenvalue weighted by Crippen LogP contribution is 2.23. The zero-order chi connectivity index (χ0) is 22.4. The van der Waals surface area contributed by atoms with Crippen molar-refractivity contribution >= 4 is 0 Å². The zero-order valence-corrected chi connectivity index (χ0v) is 20.9. The molecule has 0 spiro atoms. The van der Waals surface area contributed by atoms with Gasteiger partial charge in [-0.2, -0.15) is 0 Å². The monoisotopic (exact) mass is 431 g/mol. The van der Waals surface area contributed by atoms with Crippen LogP contribution in [0.4, 0.5) is 0 Å². The number of ether oxygens (including phenoxy) is 2. The Balaban J connectivity index is 2.06. The lowest BCUT2D eigenvalue weighted by atomic mass is 10.1. The van der Waals surface area contributed by atoms with E-state index in [9.17, 15) is 0 Å². The third kappa shape index (κ3) is 17.1. The van der Waals surface area contributed by atoms with Crippen LogP contribution in [0.25, 0.3) is 0 Å². The fourth-order valence-corrected chi connectivity index (χ4v) is 4.00. The van der Waals surface area contributed by atoms with Gasteiger partial charge >= 0.3 is 0 Å². The molecule has 0 amide bonds. The van der Waals surface area contributed by atoms with Gasteiger partial charge in [0.1, 0.15) is 11.5 Å². The van der Waals surface area contributed by atoms with E-state index in [4.69, 9.17) is 9.47 Å². The van der Waals surface area contributed by atoms with Crippen molar-refractivity contribution in [3.05, 3.63) is 30.7 Å². The number of hydrogen-bond donors (Lipinski definition) is 0. The van der Waals surface area contributed by atoms with Gasteiger partial charge in [0.2, 0.25) is 0 Å². The van der Waals surface area contributed by atoms with Crippen LogP contribution in [-0.2, 0) is 0 Å². The highest BCUT2D eigenvalue weighted by Gasteiger charge is 2.02. The van der Waals surface area contributed by atoms with Crippen LogP contribution in [0.15, 0.2) is 18.2 Å². The maximum atomic E-state index is 5.97. The molecule has 1 aromatic carbocycles. The van der Waals surface area contributed by atoms with Gasteiger partial charge in [-0.05, 0) is 37.5 Å². The van der Waals surface area contributed by atoms with Crippen LogP contribution in [0.5, 0.6) is 11.5 Å². The largest absolute Gasteiger partial charge is 0.493 e. The predicted molar refractivity (Wildman–Crippen MR) is 136 cm³/mol. The Morgan fingerprint density at radius 2 is 0.806 bits per heavy atom. The van der Waals surface area contributed by atoms with E-state index in [0.29, 0.717) is 0 Å². The van der Waals surface area contributed by atoms with Gasteiger partial charge in [-0.15, -0.1) is 0 Å². The summed E-state index contributed by atoms with van der Waals surface area (Å²) < 4.78 is 11.9. The highest BCUT2D eigenvalue weighted by atomic mass is 16.5. The molecule has 0 fully saturated rings. The Morgan fingerprint density at radius 3 is 1.16 bits per heavy atom. The van der Waals surface area contributed by atoms with E-state index in [1.165, 1.54) is 103 Å². The van der Waals surface area contributed by atoms with Crippen LogP contribution < -0.4 is 9.47 Å². The molecule has 1 aromatic rings. The molecule has 0 saturated heterocycles. The van der Waals surface area contributed by atoms with Crippen LogP contribution in [0.3, 0.4) is 0 Å². The molecule has 31 heavy (non-hydrogen) atoms. The maximum absolute atomic E-state index is 5.97. The van der Waals surface area contributed by atoms with Gasteiger partial charge in [0.25, 0.3) is 0 Å². The molecule has 0 aliphatic heterocycles. The molecule has 2 heteroatoms. The van der Waals surface area contributed by atoms with E-state index in [0.717, 1.165) is 43.1 Å². The van der Waals surface area contributed by atoms with Gasteiger partial charge in [-0.25, -0.2) is 0 Å². The smallest absolute Gasteiger partial charge is 0.123 e. The van der Waals surface area contributed by atoms with Crippen LogP contribution in [0, 0.1) is 6.92 Å². The predicted octanol–water partition coefficient (Wildman–Crippen LogP) is 9.69. The average molecular weight is 432 g/mol. The summed E-state index contributed by atoms with van der Waals surface area (Å²) in [6.45, 7) is 10.2. The molecule has 0 N–H and O–H groups in total. The molecule has 0 heterocycles. The Morgan fingerprint density at radius 1 is 0.484 bits per heavy atom. The number of hydrogen-bond acceptors (Lipinski definition) is 2. The summed E-state index contributed by atoms with van der Waals surface area (Å²) >= 11 is 0. The van der Waals surface area contributed by atoms with Gasteiger partial charge in [0, 0.05) is 6.07 Å². The number of unbranched alkanes of at least 4 members (excludes halogenated alkanes) is 16. The fourth-order valence-electron chi connectivity index (χ4n) is 4.00. The molecule has 0 aromatic heterocycles. The lowest BCUT2D eigenvalue weighted by Crippen LogP contribution is -2.00. The molecule has 1 radical (unpaired) electrons. The molecule has 0 aliphatic carbocycles. The Bertz CT molecular complexity index is 469. The second-order valence-electron chi connectivity index (χ2n) is 9.17. The normalized spacial score (nSPS) is 11.1. The van der Waals surface area contributed by atoms with E-state index in [1.807, 2.05) is 18.2 Å². The standard InChI is InChI=1S/C29H51O2/c1-4-6-8-10-12-14-16-18-20-22-30-28-24-27(3)25-29(26-28)31-23-21-19-17-15-13-11-9-7-5-2/h24-26H,3-23H2,1-2H3. The third-order valence-corrected chi connectivity index (χ3v) is 5.97. The summed E-state index contributed by atoms with van der Waals surface area (Å²) in [4.78, 5) is 0. The highest BCUT2D eigenvalue weighted by molar-refractivity contribution is 5.39.